The van der Waals surface area contributed by atoms with Crippen molar-refractivity contribution in [1.29, 1.82) is 0 Å². The standard InChI is InChI=1S/C6H15NO.C2H6/c1-6(2,8-3)4-5-7;1-2/h4-5,7H2,1-3H3;1-2H3. The van der Waals surface area contributed by atoms with Crippen molar-refractivity contribution in [3.8, 4) is 0 Å². The second-order valence-electron chi connectivity index (χ2n) is 2.50. The maximum atomic E-state index is 5.31. The number of hydrogen-bond donors (Lipinski definition) is 1. The van der Waals surface area contributed by atoms with Gasteiger partial charge in [0.15, 0.2) is 0 Å². The van der Waals surface area contributed by atoms with Crippen molar-refractivity contribution in [2.24, 2.45) is 5.73 Å². The molecule has 0 aromatic carbocycles. The molecule has 2 heteroatoms. The molecule has 2 nitrogen and oxygen atoms in total. The molecule has 10 heavy (non-hydrogen) atoms. The van der Waals surface area contributed by atoms with Crippen LogP contribution in [0, 0.1) is 0 Å². The maximum Gasteiger partial charge on any atom is 0.0634 e. The molecule has 2 N–H and O–H groups in total. The lowest BCUT2D eigenvalue weighted by atomic mass is 10.1. The molecule has 0 saturated heterocycles. The Morgan fingerprint density at radius 1 is 1.30 bits per heavy atom. The van der Waals surface area contributed by atoms with Crippen molar-refractivity contribution in [3.05, 3.63) is 0 Å². The van der Waals surface area contributed by atoms with Crippen molar-refractivity contribution in [1.82, 2.24) is 0 Å². The first-order chi connectivity index (χ1) is 4.62. The molecule has 0 aliphatic heterocycles. The molecule has 0 amide bonds. The minimum Gasteiger partial charge on any atom is -0.379 e. The minimum absolute atomic E-state index is 0.0330. The van der Waals surface area contributed by atoms with E-state index in [9.17, 15) is 0 Å². The molecule has 0 fully saturated rings. The zero-order chi connectivity index (χ0) is 8.62. The summed E-state index contributed by atoms with van der Waals surface area (Å²) in [4.78, 5) is 0. The second-order valence-corrected chi connectivity index (χ2v) is 2.50. The molecule has 0 aliphatic carbocycles. The zero-order valence-electron chi connectivity index (χ0n) is 7.90. The number of hydrogen-bond acceptors (Lipinski definition) is 2. The quantitative estimate of drug-likeness (QED) is 0.660. The summed E-state index contributed by atoms with van der Waals surface area (Å²) in [7, 11) is 1.70. The lowest BCUT2D eigenvalue weighted by Crippen LogP contribution is -2.25. The fourth-order valence-electron chi connectivity index (χ4n) is 0.450. The average molecular weight is 147 g/mol. The summed E-state index contributed by atoms with van der Waals surface area (Å²) in [6.07, 6.45) is 0.920. The largest absolute Gasteiger partial charge is 0.379 e. The predicted octanol–water partition coefficient (Wildman–Crippen LogP) is 1.79. The van der Waals surface area contributed by atoms with Crippen LogP contribution < -0.4 is 5.73 Å². The van der Waals surface area contributed by atoms with Crippen LogP contribution in [0.2, 0.25) is 0 Å². The van der Waals surface area contributed by atoms with E-state index < -0.39 is 0 Å². The molecule has 64 valence electrons. The molecule has 0 saturated carbocycles. The summed E-state index contributed by atoms with van der Waals surface area (Å²) < 4.78 is 5.10. The van der Waals surface area contributed by atoms with E-state index in [0.717, 1.165) is 6.42 Å². The summed E-state index contributed by atoms with van der Waals surface area (Å²) in [5, 5.41) is 0. The van der Waals surface area contributed by atoms with Crippen molar-refractivity contribution in [2.45, 2.75) is 39.7 Å². The Kier molecular flexibility index (Phi) is 8.85. The first-order valence-electron chi connectivity index (χ1n) is 3.87. The van der Waals surface area contributed by atoms with Crippen LogP contribution in [-0.4, -0.2) is 19.3 Å². The molecule has 0 aromatic heterocycles. The van der Waals surface area contributed by atoms with E-state index in [2.05, 4.69) is 0 Å². The number of ether oxygens (including phenoxy) is 1. The van der Waals surface area contributed by atoms with Crippen molar-refractivity contribution >= 4 is 0 Å². The van der Waals surface area contributed by atoms with Gasteiger partial charge in [0.25, 0.3) is 0 Å². The minimum atomic E-state index is -0.0330. The third-order valence-electron chi connectivity index (χ3n) is 1.30. The highest BCUT2D eigenvalue weighted by atomic mass is 16.5. The molecular formula is C8H21NO. The number of nitrogens with two attached hydrogens (primary N) is 1. The van der Waals surface area contributed by atoms with E-state index >= 15 is 0 Å². The van der Waals surface area contributed by atoms with Crippen LogP contribution in [-0.2, 0) is 4.74 Å². The second kappa shape index (κ2) is 7.03. The smallest absolute Gasteiger partial charge is 0.0634 e. The van der Waals surface area contributed by atoms with Gasteiger partial charge in [-0.25, -0.2) is 0 Å². The molecule has 0 atom stereocenters. The van der Waals surface area contributed by atoms with Gasteiger partial charge in [-0.2, -0.15) is 0 Å². The summed E-state index contributed by atoms with van der Waals surface area (Å²) in [5.41, 5.74) is 5.28. The zero-order valence-corrected chi connectivity index (χ0v) is 7.90. The Balaban J connectivity index is 0. The van der Waals surface area contributed by atoms with Gasteiger partial charge >= 0.3 is 0 Å². The van der Waals surface area contributed by atoms with Crippen LogP contribution in [0.3, 0.4) is 0 Å². The fraction of sp³-hybridized carbons (Fsp3) is 1.00. The highest BCUT2D eigenvalue weighted by Gasteiger charge is 2.13. The summed E-state index contributed by atoms with van der Waals surface area (Å²) in [6, 6.07) is 0. The molecule has 0 unspecified atom stereocenters. The number of rotatable bonds is 3. The van der Waals surface area contributed by atoms with E-state index in [4.69, 9.17) is 10.5 Å². The Hall–Kier alpha value is -0.0800. The first-order valence-corrected chi connectivity index (χ1v) is 3.87. The molecule has 0 heterocycles. The van der Waals surface area contributed by atoms with Gasteiger partial charge in [-0.3, -0.25) is 0 Å². The molecule has 0 rings (SSSR count). The van der Waals surface area contributed by atoms with Crippen LogP contribution >= 0.6 is 0 Å². The highest BCUT2D eigenvalue weighted by molar-refractivity contribution is 4.66. The van der Waals surface area contributed by atoms with Gasteiger partial charge in [0, 0.05) is 7.11 Å². The van der Waals surface area contributed by atoms with Gasteiger partial charge in [0.1, 0.15) is 0 Å². The molecule has 0 radical (unpaired) electrons. The van der Waals surface area contributed by atoms with E-state index in [0.29, 0.717) is 6.54 Å². The summed E-state index contributed by atoms with van der Waals surface area (Å²) >= 11 is 0. The van der Waals surface area contributed by atoms with E-state index in [-0.39, 0.29) is 5.60 Å². The van der Waals surface area contributed by atoms with E-state index in [1.54, 1.807) is 7.11 Å². The van der Waals surface area contributed by atoms with Gasteiger partial charge in [0.05, 0.1) is 5.60 Å². The Morgan fingerprint density at radius 2 is 1.70 bits per heavy atom. The van der Waals surface area contributed by atoms with Crippen LogP contribution in [0.5, 0.6) is 0 Å². The molecule has 0 aliphatic rings. The normalized spacial score (nSPS) is 10.2. The van der Waals surface area contributed by atoms with E-state index in [1.807, 2.05) is 27.7 Å². The van der Waals surface area contributed by atoms with Gasteiger partial charge in [-0.1, -0.05) is 13.8 Å². The van der Waals surface area contributed by atoms with E-state index in [1.165, 1.54) is 0 Å². The van der Waals surface area contributed by atoms with Crippen LogP contribution in [0.1, 0.15) is 34.1 Å². The SMILES string of the molecule is CC.COC(C)(C)CCN. The summed E-state index contributed by atoms with van der Waals surface area (Å²) in [5.74, 6) is 0. The molecule has 0 spiro atoms. The Bertz CT molecular complexity index is 62.3. The number of methoxy groups -OCH3 is 1. The Labute approximate surface area is 64.8 Å². The maximum absolute atomic E-state index is 5.31. The van der Waals surface area contributed by atoms with Crippen molar-refractivity contribution in [3.63, 3.8) is 0 Å². The lowest BCUT2D eigenvalue weighted by molar-refractivity contribution is 0.0176. The third kappa shape index (κ3) is 7.92. The molecule has 0 aromatic rings. The van der Waals surface area contributed by atoms with Crippen LogP contribution in [0.25, 0.3) is 0 Å². The van der Waals surface area contributed by atoms with Crippen molar-refractivity contribution in [2.75, 3.05) is 13.7 Å². The average Bonchev–Trinajstić information content (AvgIpc) is 1.93. The Morgan fingerprint density at radius 3 is 1.80 bits per heavy atom. The van der Waals surface area contributed by atoms with Gasteiger partial charge in [0.2, 0.25) is 0 Å². The van der Waals surface area contributed by atoms with Crippen LogP contribution in [0.15, 0.2) is 0 Å². The molecular weight excluding hydrogens is 126 g/mol. The summed E-state index contributed by atoms with van der Waals surface area (Å²) in [6.45, 7) is 8.75. The monoisotopic (exact) mass is 147 g/mol. The van der Waals surface area contributed by atoms with Gasteiger partial charge in [-0.05, 0) is 26.8 Å². The fourth-order valence-corrected chi connectivity index (χ4v) is 0.450. The highest BCUT2D eigenvalue weighted by Crippen LogP contribution is 2.10. The molecule has 0 bridgehead atoms. The first kappa shape index (κ1) is 12.6. The van der Waals surface area contributed by atoms with Gasteiger partial charge in [-0.15, -0.1) is 0 Å². The van der Waals surface area contributed by atoms with Gasteiger partial charge < -0.3 is 10.5 Å². The van der Waals surface area contributed by atoms with Crippen molar-refractivity contribution < 1.29 is 4.74 Å². The van der Waals surface area contributed by atoms with Crippen LogP contribution in [0.4, 0.5) is 0 Å². The topological polar surface area (TPSA) is 35.2 Å². The third-order valence-corrected chi connectivity index (χ3v) is 1.30. The predicted molar refractivity (Wildman–Crippen MR) is 46.1 cm³/mol. The lowest BCUT2D eigenvalue weighted by Gasteiger charge is -2.21.